The van der Waals surface area contributed by atoms with Crippen LogP contribution in [0.15, 0.2) is 48.0 Å². The molecular formula is C18H15N3O5. The summed E-state index contributed by atoms with van der Waals surface area (Å²) in [6, 6.07) is 12.5. The number of hydrogen-bond acceptors (Lipinski definition) is 6. The number of methoxy groups -OCH3 is 2. The van der Waals surface area contributed by atoms with Crippen LogP contribution in [-0.2, 0) is 4.79 Å². The van der Waals surface area contributed by atoms with Gasteiger partial charge in [0.1, 0.15) is 17.4 Å². The predicted molar refractivity (Wildman–Crippen MR) is 94.9 cm³/mol. The Balaban J connectivity index is 2.26. The smallest absolute Gasteiger partial charge is 0.311 e. The standard InChI is InChI=1S/C18H15N3O5/c1-25-15-6-4-14(5-7-15)20-18(22)13(11-19)9-12-3-8-17(26-2)16(10-12)21(23)24/h3-10H,1-2H3,(H,20,22)/b13-9+. The topological polar surface area (TPSA) is 114 Å². The maximum atomic E-state index is 12.3. The lowest BCUT2D eigenvalue weighted by molar-refractivity contribution is -0.385. The molecule has 0 saturated carbocycles. The van der Waals surface area contributed by atoms with Crippen molar-refractivity contribution in [3.63, 3.8) is 0 Å². The molecule has 0 aromatic heterocycles. The summed E-state index contributed by atoms with van der Waals surface area (Å²) in [6.45, 7) is 0. The van der Waals surface area contributed by atoms with E-state index in [2.05, 4.69) is 5.32 Å². The van der Waals surface area contributed by atoms with Crippen LogP contribution in [0.4, 0.5) is 11.4 Å². The summed E-state index contributed by atoms with van der Waals surface area (Å²) in [7, 11) is 2.85. The van der Waals surface area contributed by atoms with E-state index in [1.54, 1.807) is 30.3 Å². The third-order valence-electron chi connectivity index (χ3n) is 3.42. The molecule has 0 aliphatic heterocycles. The zero-order chi connectivity index (χ0) is 19.1. The summed E-state index contributed by atoms with van der Waals surface area (Å²) in [5.74, 6) is 0.0917. The van der Waals surface area contributed by atoms with Gasteiger partial charge in [-0.1, -0.05) is 6.07 Å². The average molecular weight is 353 g/mol. The van der Waals surface area contributed by atoms with Crippen LogP contribution < -0.4 is 14.8 Å². The van der Waals surface area contributed by atoms with Gasteiger partial charge in [-0.2, -0.15) is 5.26 Å². The van der Waals surface area contributed by atoms with Gasteiger partial charge in [0.15, 0.2) is 5.75 Å². The highest BCUT2D eigenvalue weighted by Gasteiger charge is 2.16. The van der Waals surface area contributed by atoms with Crippen LogP contribution >= 0.6 is 0 Å². The lowest BCUT2D eigenvalue weighted by atomic mass is 10.1. The molecule has 2 aromatic carbocycles. The molecule has 2 rings (SSSR count). The average Bonchev–Trinajstić information content (AvgIpc) is 2.66. The molecule has 8 heteroatoms. The summed E-state index contributed by atoms with van der Waals surface area (Å²) < 4.78 is 9.95. The van der Waals surface area contributed by atoms with E-state index in [4.69, 9.17) is 9.47 Å². The van der Waals surface area contributed by atoms with Crippen LogP contribution in [0.25, 0.3) is 6.08 Å². The van der Waals surface area contributed by atoms with Crippen LogP contribution in [0, 0.1) is 21.4 Å². The number of carbonyl (C=O) groups excluding carboxylic acids is 1. The number of hydrogen-bond donors (Lipinski definition) is 1. The number of ether oxygens (including phenoxy) is 2. The second-order valence-corrected chi connectivity index (χ2v) is 5.04. The van der Waals surface area contributed by atoms with Gasteiger partial charge < -0.3 is 14.8 Å². The molecule has 0 aliphatic carbocycles. The first-order valence-electron chi connectivity index (χ1n) is 7.38. The van der Waals surface area contributed by atoms with Crippen LogP contribution in [0.2, 0.25) is 0 Å². The van der Waals surface area contributed by atoms with Gasteiger partial charge in [0.2, 0.25) is 0 Å². The molecule has 0 saturated heterocycles. The van der Waals surface area contributed by atoms with Crippen molar-refractivity contribution in [2.45, 2.75) is 0 Å². The number of carbonyl (C=O) groups is 1. The number of nitro groups is 1. The van der Waals surface area contributed by atoms with E-state index in [0.717, 1.165) is 0 Å². The summed E-state index contributed by atoms with van der Waals surface area (Å²) in [5, 5.41) is 22.9. The second-order valence-electron chi connectivity index (χ2n) is 5.04. The Morgan fingerprint density at radius 3 is 2.42 bits per heavy atom. The van der Waals surface area contributed by atoms with Crippen molar-refractivity contribution < 1.29 is 19.2 Å². The van der Waals surface area contributed by atoms with Gasteiger partial charge >= 0.3 is 5.69 Å². The van der Waals surface area contributed by atoms with E-state index in [-0.39, 0.29) is 17.0 Å². The number of nitriles is 1. The monoisotopic (exact) mass is 353 g/mol. The first-order valence-corrected chi connectivity index (χ1v) is 7.38. The largest absolute Gasteiger partial charge is 0.497 e. The molecule has 0 unspecified atom stereocenters. The quantitative estimate of drug-likeness (QED) is 0.369. The second kappa shape index (κ2) is 8.30. The number of rotatable bonds is 6. The van der Waals surface area contributed by atoms with Crippen LogP contribution in [0.3, 0.4) is 0 Å². The van der Waals surface area contributed by atoms with Gasteiger partial charge in [0.25, 0.3) is 5.91 Å². The zero-order valence-corrected chi connectivity index (χ0v) is 14.1. The van der Waals surface area contributed by atoms with Gasteiger partial charge in [-0.25, -0.2) is 0 Å². The maximum absolute atomic E-state index is 12.3. The summed E-state index contributed by atoms with van der Waals surface area (Å²) in [4.78, 5) is 22.7. The lowest BCUT2D eigenvalue weighted by Crippen LogP contribution is -2.13. The maximum Gasteiger partial charge on any atom is 0.311 e. The third kappa shape index (κ3) is 4.36. The molecule has 0 bridgehead atoms. The van der Waals surface area contributed by atoms with Gasteiger partial charge in [0, 0.05) is 11.8 Å². The molecule has 0 fully saturated rings. The van der Waals surface area contributed by atoms with Crippen LogP contribution in [-0.4, -0.2) is 25.1 Å². The van der Waals surface area contributed by atoms with Crippen molar-refractivity contribution >= 4 is 23.4 Å². The summed E-state index contributed by atoms with van der Waals surface area (Å²) in [6.07, 6.45) is 1.27. The minimum Gasteiger partial charge on any atom is -0.497 e. The number of benzene rings is 2. The van der Waals surface area contributed by atoms with Gasteiger partial charge in [0.05, 0.1) is 19.1 Å². The number of nitrogens with zero attached hydrogens (tertiary/aromatic N) is 2. The molecule has 0 heterocycles. The third-order valence-corrected chi connectivity index (χ3v) is 3.42. The Kier molecular flexibility index (Phi) is 5.90. The highest BCUT2D eigenvalue weighted by atomic mass is 16.6. The summed E-state index contributed by atoms with van der Waals surface area (Å²) >= 11 is 0. The number of anilines is 1. The number of nitro benzene ring substituents is 1. The predicted octanol–water partition coefficient (Wildman–Crippen LogP) is 3.16. The molecule has 26 heavy (non-hydrogen) atoms. The van der Waals surface area contributed by atoms with E-state index in [9.17, 15) is 20.2 Å². The van der Waals surface area contributed by atoms with Gasteiger partial charge in [-0.3, -0.25) is 14.9 Å². The molecule has 2 aromatic rings. The Morgan fingerprint density at radius 1 is 1.19 bits per heavy atom. The normalized spacial score (nSPS) is 10.6. The minimum atomic E-state index is -0.629. The van der Waals surface area contributed by atoms with Crippen molar-refractivity contribution in [3.8, 4) is 17.6 Å². The Labute approximate surface area is 149 Å². The van der Waals surface area contributed by atoms with Crippen molar-refractivity contribution in [2.75, 3.05) is 19.5 Å². The van der Waals surface area contributed by atoms with E-state index >= 15 is 0 Å². The fourth-order valence-corrected chi connectivity index (χ4v) is 2.13. The molecule has 1 amide bonds. The fourth-order valence-electron chi connectivity index (χ4n) is 2.13. The molecule has 0 atom stereocenters. The van der Waals surface area contributed by atoms with Crippen molar-refractivity contribution in [1.29, 1.82) is 5.26 Å². The van der Waals surface area contributed by atoms with E-state index in [0.29, 0.717) is 17.0 Å². The zero-order valence-electron chi connectivity index (χ0n) is 14.1. The molecule has 1 N–H and O–H groups in total. The van der Waals surface area contributed by atoms with E-state index in [1.165, 1.54) is 38.5 Å². The Bertz CT molecular complexity index is 898. The van der Waals surface area contributed by atoms with Gasteiger partial charge in [-0.05, 0) is 42.0 Å². The van der Waals surface area contributed by atoms with E-state index < -0.39 is 10.8 Å². The SMILES string of the molecule is COc1ccc(NC(=O)/C(C#N)=C/c2ccc(OC)c([N+](=O)[O-])c2)cc1. The molecule has 8 nitrogen and oxygen atoms in total. The van der Waals surface area contributed by atoms with Crippen molar-refractivity contribution in [1.82, 2.24) is 0 Å². The lowest BCUT2D eigenvalue weighted by Gasteiger charge is -2.06. The van der Waals surface area contributed by atoms with Crippen molar-refractivity contribution in [3.05, 3.63) is 63.7 Å². The Hall–Kier alpha value is -3.86. The number of nitrogens with one attached hydrogen (secondary N) is 1. The first-order chi connectivity index (χ1) is 12.5. The van der Waals surface area contributed by atoms with Gasteiger partial charge in [-0.15, -0.1) is 0 Å². The highest BCUT2D eigenvalue weighted by molar-refractivity contribution is 6.09. The highest BCUT2D eigenvalue weighted by Crippen LogP contribution is 2.28. The molecule has 0 spiro atoms. The number of amides is 1. The molecular weight excluding hydrogens is 338 g/mol. The van der Waals surface area contributed by atoms with Crippen LogP contribution in [0.5, 0.6) is 11.5 Å². The molecule has 132 valence electrons. The van der Waals surface area contributed by atoms with Crippen molar-refractivity contribution in [2.24, 2.45) is 0 Å². The van der Waals surface area contributed by atoms with Crippen LogP contribution in [0.1, 0.15) is 5.56 Å². The fraction of sp³-hybridized carbons (Fsp3) is 0.111. The molecule has 0 radical (unpaired) electrons. The Morgan fingerprint density at radius 2 is 1.88 bits per heavy atom. The molecule has 0 aliphatic rings. The first kappa shape index (κ1) is 18.5. The minimum absolute atomic E-state index is 0.0911. The summed E-state index contributed by atoms with van der Waals surface area (Å²) in [5.41, 5.74) is 0.367. The van der Waals surface area contributed by atoms with E-state index in [1.807, 2.05) is 0 Å².